The molecular weight excluding hydrogens is 318 g/mol. The molecule has 1 amide bonds. The summed E-state index contributed by atoms with van der Waals surface area (Å²) in [6.45, 7) is 2.13. The van der Waals surface area contributed by atoms with Crippen LogP contribution in [0.2, 0.25) is 0 Å². The van der Waals surface area contributed by atoms with E-state index in [1.165, 1.54) is 0 Å². The number of piperidine rings is 1. The fourth-order valence-corrected chi connectivity index (χ4v) is 4.37. The van der Waals surface area contributed by atoms with Crippen molar-refractivity contribution in [2.45, 2.75) is 18.4 Å². The second-order valence-electron chi connectivity index (χ2n) is 7.38. The van der Waals surface area contributed by atoms with Gasteiger partial charge in [0.15, 0.2) is 0 Å². The van der Waals surface area contributed by atoms with Crippen LogP contribution in [0.1, 0.15) is 34.4 Å². The molecule has 0 unspecified atom stereocenters. The summed E-state index contributed by atoms with van der Waals surface area (Å²) in [5, 5.41) is 6.60. The lowest BCUT2D eigenvalue weighted by atomic mass is 9.78. The maximum Gasteiger partial charge on any atom is 0.257 e. The predicted octanol–water partition coefficient (Wildman–Crippen LogP) is 0.934. The van der Waals surface area contributed by atoms with E-state index < -0.39 is 0 Å². The van der Waals surface area contributed by atoms with Gasteiger partial charge in [-0.1, -0.05) is 6.07 Å². The lowest BCUT2D eigenvalue weighted by molar-refractivity contribution is 0.0498. The normalized spacial score (nSPS) is 25.1. The Morgan fingerprint density at radius 1 is 1.36 bits per heavy atom. The fraction of sp³-hybridized carbons (Fsp3) is 0.500. The zero-order valence-electron chi connectivity index (χ0n) is 14.6. The summed E-state index contributed by atoms with van der Waals surface area (Å²) in [4.78, 5) is 29.4. The SMILES string of the molecule is CN(C)C[C@H]1[C@H]2C[C@H](CN(C(=O)c3cn[nH]c3)C2)c2cccc(=O)n21. The van der Waals surface area contributed by atoms with E-state index in [1.807, 2.05) is 35.7 Å². The first-order valence-electron chi connectivity index (χ1n) is 8.69. The smallest absolute Gasteiger partial charge is 0.257 e. The van der Waals surface area contributed by atoms with Crippen LogP contribution < -0.4 is 5.56 Å². The largest absolute Gasteiger partial charge is 0.338 e. The molecule has 7 heteroatoms. The van der Waals surface area contributed by atoms with E-state index in [1.54, 1.807) is 18.5 Å². The Morgan fingerprint density at radius 2 is 2.20 bits per heavy atom. The van der Waals surface area contributed by atoms with Crippen molar-refractivity contribution in [3.8, 4) is 0 Å². The average molecular weight is 341 g/mol. The zero-order valence-corrected chi connectivity index (χ0v) is 14.6. The van der Waals surface area contributed by atoms with Gasteiger partial charge in [0.1, 0.15) is 0 Å². The molecule has 2 aliphatic rings. The van der Waals surface area contributed by atoms with Crippen LogP contribution in [0.15, 0.2) is 35.4 Å². The topological polar surface area (TPSA) is 74.2 Å². The Hall–Kier alpha value is -2.41. The van der Waals surface area contributed by atoms with Crippen LogP contribution in [-0.4, -0.2) is 64.2 Å². The van der Waals surface area contributed by atoms with Crippen molar-refractivity contribution in [1.29, 1.82) is 0 Å². The van der Waals surface area contributed by atoms with E-state index in [0.717, 1.165) is 18.7 Å². The fourth-order valence-electron chi connectivity index (χ4n) is 4.37. The molecule has 25 heavy (non-hydrogen) atoms. The van der Waals surface area contributed by atoms with Gasteiger partial charge in [-0.25, -0.2) is 0 Å². The standard InChI is InChI=1S/C18H23N5O2/c1-21(2)11-16-13-6-12(15-4-3-5-17(24)23(15)16)9-22(10-13)18(25)14-7-19-20-8-14/h3-5,7-8,12-13,16H,6,9-11H2,1-2H3,(H,19,20)/t12-,13+,16+/m1/s1. The lowest BCUT2D eigenvalue weighted by Crippen LogP contribution is -2.52. The summed E-state index contributed by atoms with van der Waals surface area (Å²) >= 11 is 0. The van der Waals surface area contributed by atoms with Crippen molar-refractivity contribution in [3.05, 3.63) is 52.2 Å². The predicted molar refractivity (Wildman–Crippen MR) is 93.6 cm³/mol. The van der Waals surface area contributed by atoms with Crippen LogP contribution in [0.5, 0.6) is 0 Å². The summed E-state index contributed by atoms with van der Waals surface area (Å²) in [5.41, 5.74) is 1.71. The molecule has 0 radical (unpaired) electrons. The number of fused-ring (bicyclic) bond motifs is 4. The highest BCUT2D eigenvalue weighted by Crippen LogP contribution is 2.41. The van der Waals surface area contributed by atoms with Crippen molar-refractivity contribution in [3.63, 3.8) is 0 Å². The molecule has 1 fully saturated rings. The number of hydrogen-bond donors (Lipinski definition) is 1. The van der Waals surface area contributed by atoms with E-state index in [9.17, 15) is 9.59 Å². The summed E-state index contributed by atoms with van der Waals surface area (Å²) in [5.74, 6) is 0.505. The minimum absolute atomic E-state index is 0.0128. The highest BCUT2D eigenvalue weighted by molar-refractivity contribution is 5.93. The molecule has 0 saturated carbocycles. The van der Waals surface area contributed by atoms with Crippen molar-refractivity contribution in [2.24, 2.45) is 5.92 Å². The summed E-state index contributed by atoms with van der Waals surface area (Å²) < 4.78 is 1.97. The van der Waals surface area contributed by atoms with Gasteiger partial charge in [0.25, 0.3) is 11.5 Å². The van der Waals surface area contributed by atoms with Crippen LogP contribution in [0.4, 0.5) is 0 Å². The van der Waals surface area contributed by atoms with Crippen LogP contribution in [-0.2, 0) is 0 Å². The van der Waals surface area contributed by atoms with Gasteiger partial charge in [-0.05, 0) is 32.5 Å². The van der Waals surface area contributed by atoms with E-state index in [4.69, 9.17) is 0 Å². The molecule has 4 rings (SSSR count). The minimum Gasteiger partial charge on any atom is -0.338 e. The number of aromatic nitrogens is 3. The molecule has 2 aromatic heterocycles. The van der Waals surface area contributed by atoms with E-state index in [-0.39, 0.29) is 29.3 Å². The third-order valence-corrected chi connectivity index (χ3v) is 5.38. The Kier molecular flexibility index (Phi) is 3.95. The van der Waals surface area contributed by atoms with Crippen molar-refractivity contribution < 1.29 is 4.79 Å². The number of H-pyrrole nitrogens is 1. The Labute approximate surface area is 146 Å². The zero-order chi connectivity index (χ0) is 17.6. The van der Waals surface area contributed by atoms with Gasteiger partial charge >= 0.3 is 0 Å². The molecule has 4 heterocycles. The number of likely N-dealkylation sites (N-methyl/N-ethyl adjacent to an activating group) is 1. The van der Waals surface area contributed by atoms with Crippen molar-refractivity contribution >= 4 is 5.91 Å². The first kappa shape index (κ1) is 16.1. The Balaban J connectivity index is 1.71. The third kappa shape index (κ3) is 2.78. The summed E-state index contributed by atoms with van der Waals surface area (Å²) in [6, 6.07) is 5.60. The van der Waals surface area contributed by atoms with E-state index >= 15 is 0 Å². The first-order chi connectivity index (χ1) is 12.0. The second-order valence-corrected chi connectivity index (χ2v) is 7.38. The molecule has 132 valence electrons. The number of likely N-dealkylation sites (tertiary alicyclic amines) is 1. The van der Waals surface area contributed by atoms with Crippen LogP contribution in [0.3, 0.4) is 0 Å². The number of pyridine rings is 1. The van der Waals surface area contributed by atoms with Gasteiger partial charge in [-0.2, -0.15) is 5.10 Å². The number of nitrogens with one attached hydrogen (secondary N) is 1. The van der Waals surface area contributed by atoms with E-state index in [2.05, 4.69) is 15.1 Å². The van der Waals surface area contributed by atoms with Crippen molar-refractivity contribution in [1.82, 2.24) is 24.6 Å². The lowest BCUT2D eigenvalue weighted by Gasteiger charge is -2.47. The number of amides is 1. The number of aromatic amines is 1. The van der Waals surface area contributed by atoms with Crippen LogP contribution in [0.25, 0.3) is 0 Å². The molecule has 7 nitrogen and oxygen atoms in total. The van der Waals surface area contributed by atoms with Gasteiger partial charge in [-0.15, -0.1) is 0 Å². The van der Waals surface area contributed by atoms with Crippen molar-refractivity contribution in [2.75, 3.05) is 33.7 Å². The molecule has 0 aromatic carbocycles. The number of hydrogen-bond acceptors (Lipinski definition) is 4. The Bertz CT molecular complexity index is 826. The van der Waals surface area contributed by atoms with Gasteiger partial charge in [-0.3, -0.25) is 14.7 Å². The molecule has 3 atom stereocenters. The Morgan fingerprint density at radius 3 is 2.92 bits per heavy atom. The molecule has 2 aromatic rings. The van der Waals surface area contributed by atoms with Gasteiger partial charge in [0, 0.05) is 43.5 Å². The third-order valence-electron chi connectivity index (χ3n) is 5.38. The van der Waals surface area contributed by atoms with Gasteiger partial charge in [0.05, 0.1) is 17.8 Å². The van der Waals surface area contributed by atoms with Gasteiger partial charge in [0.2, 0.25) is 0 Å². The molecule has 2 bridgehead atoms. The average Bonchev–Trinajstić information content (AvgIpc) is 3.12. The van der Waals surface area contributed by atoms with Gasteiger partial charge < -0.3 is 14.4 Å². The molecule has 2 aliphatic heterocycles. The monoisotopic (exact) mass is 341 g/mol. The van der Waals surface area contributed by atoms with Crippen LogP contribution >= 0.6 is 0 Å². The quantitative estimate of drug-likeness (QED) is 0.901. The molecular formula is C18H23N5O2. The maximum absolute atomic E-state index is 12.8. The maximum atomic E-state index is 12.8. The second kappa shape index (κ2) is 6.15. The highest BCUT2D eigenvalue weighted by Gasteiger charge is 2.42. The number of carbonyl (C=O) groups excluding carboxylic acids is 1. The van der Waals surface area contributed by atoms with E-state index in [0.29, 0.717) is 18.7 Å². The highest BCUT2D eigenvalue weighted by atomic mass is 16.2. The number of carbonyl (C=O) groups is 1. The number of nitrogens with zero attached hydrogens (tertiary/aromatic N) is 4. The summed E-state index contributed by atoms with van der Waals surface area (Å²) in [7, 11) is 4.05. The minimum atomic E-state index is 0.0128. The molecule has 0 aliphatic carbocycles. The summed E-state index contributed by atoms with van der Waals surface area (Å²) in [6.07, 6.45) is 4.24. The number of rotatable bonds is 3. The molecule has 1 saturated heterocycles. The molecule has 0 spiro atoms. The molecule has 1 N–H and O–H groups in total. The van der Waals surface area contributed by atoms with Crippen LogP contribution in [0, 0.1) is 5.92 Å². The first-order valence-corrected chi connectivity index (χ1v) is 8.69.